The predicted molar refractivity (Wildman–Crippen MR) is 140 cm³/mol. The highest BCUT2D eigenvalue weighted by atomic mass is 32.1. The molecule has 4 rings (SSSR count). The van der Waals surface area contributed by atoms with Gasteiger partial charge in [-0.1, -0.05) is 45.0 Å². The number of thiophene rings is 1. The molecule has 1 aliphatic carbocycles. The monoisotopic (exact) mass is 476 g/mol. The van der Waals surface area contributed by atoms with Crippen molar-refractivity contribution < 1.29 is 14.3 Å². The molecule has 0 saturated heterocycles. The standard InChI is InChI=1S/C28H32N2O3S/c1-28(2,3)19-14-15-21-23(16-19)34-27(24(21)26(31)30-20-11-7-6-8-12-20)29-17-18-10-9-13-22(32-4)25(18)33-5/h6-13,17,19H,14-16H2,1-5H3,(H,30,31). The number of nitrogens with zero attached hydrogens (tertiary/aromatic N) is 1. The minimum atomic E-state index is -0.109. The van der Waals surface area contributed by atoms with E-state index in [1.807, 2.05) is 48.5 Å². The molecule has 6 heteroatoms. The summed E-state index contributed by atoms with van der Waals surface area (Å²) in [5.74, 6) is 1.74. The summed E-state index contributed by atoms with van der Waals surface area (Å²) in [6.07, 6.45) is 4.71. The number of rotatable bonds is 6. The molecule has 1 atom stereocenters. The van der Waals surface area contributed by atoms with Crippen LogP contribution in [0.1, 0.15) is 53.6 Å². The molecule has 1 N–H and O–H groups in total. The van der Waals surface area contributed by atoms with Crippen LogP contribution in [0, 0.1) is 11.3 Å². The molecular formula is C28H32N2O3S. The Hall–Kier alpha value is -3.12. The number of nitrogens with one attached hydrogen (secondary N) is 1. The third kappa shape index (κ3) is 5.02. The van der Waals surface area contributed by atoms with Gasteiger partial charge in [-0.15, -0.1) is 11.3 Å². The summed E-state index contributed by atoms with van der Waals surface area (Å²) in [4.78, 5) is 19.5. The van der Waals surface area contributed by atoms with Gasteiger partial charge in [-0.05, 0) is 60.4 Å². The zero-order valence-electron chi connectivity index (χ0n) is 20.5. The van der Waals surface area contributed by atoms with E-state index in [-0.39, 0.29) is 11.3 Å². The third-order valence-electron chi connectivity index (χ3n) is 6.48. The molecule has 0 spiro atoms. The number of ether oxygens (including phenoxy) is 2. The molecule has 178 valence electrons. The highest BCUT2D eigenvalue weighted by Crippen LogP contribution is 2.45. The molecule has 0 fully saturated rings. The molecule has 1 heterocycles. The number of aliphatic imine (C=N–C) groups is 1. The molecule has 5 nitrogen and oxygen atoms in total. The van der Waals surface area contributed by atoms with Gasteiger partial charge in [0.1, 0.15) is 5.00 Å². The molecule has 3 aromatic rings. The predicted octanol–water partition coefficient (Wildman–Crippen LogP) is 6.92. The summed E-state index contributed by atoms with van der Waals surface area (Å²) < 4.78 is 11.0. The smallest absolute Gasteiger partial charge is 0.259 e. The van der Waals surface area contributed by atoms with Crippen molar-refractivity contribution in [2.24, 2.45) is 16.3 Å². The lowest BCUT2D eigenvalue weighted by molar-refractivity contribution is 0.102. The highest BCUT2D eigenvalue weighted by molar-refractivity contribution is 7.16. The number of para-hydroxylation sites is 2. The topological polar surface area (TPSA) is 59.9 Å². The fraction of sp³-hybridized carbons (Fsp3) is 0.357. The molecule has 1 aromatic heterocycles. The van der Waals surface area contributed by atoms with Gasteiger partial charge in [-0.25, -0.2) is 4.99 Å². The first-order chi connectivity index (χ1) is 16.3. The Morgan fingerprint density at radius 2 is 1.85 bits per heavy atom. The summed E-state index contributed by atoms with van der Waals surface area (Å²) in [5.41, 5.74) is 3.64. The first kappa shape index (κ1) is 24.0. The zero-order valence-corrected chi connectivity index (χ0v) is 21.3. The van der Waals surface area contributed by atoms with E-state index >= 15 is 0 Å². The first-order valence-corrected chi connectivity index (χ1v) is 12.4. The van der Waals surface area contributed by atoms with Crippen molar-refractivity contribution in [1.82, 2.24) is 0 Å². The molecule has 2 aromatic carbocycles. The SMILES string of the molecule is COc1cccc(C=Nc2sc3c(c2C(=O)Nc2ccccc2)CCC(C(C)(C)C)C3)c1OC. The Labute approximate surface area is 205 Å². The van der Waals surface area contributed by atoms with Gasteiger partial charge < -0.3 is 14.8 Å². The second-order valence-electron chi connectivity index (χ2n) is 9.65. The van der Waals surface area contributed by atoms with Gasteiger partial charge in [-0.2, -0.15) is 0 Å². The maximum absolute atomic E-state index is 13.5. The number of carbonyl (C=O) groups is 1. The minimum absolute atomic E-state index is 0.109. The van der Waals surface area contributed by atoms with Gasteiger partial charge in [0.2, 0.25) is 0 Å². The van der Waals surface area contributed by atoms with E-state index < -0.39 is 0 Å². The quantitative estimate of drug-likeness (QED) is 0.393. The Bertz CT molecular complexity index is 1190. The average molecular weight is 477 g/mol. The van der Waals surface area contributed by atoms with Crippen LogP contribution in [0.15, 0.2) is 53.5 Å². The molecule has 0 radical (unpaired) electrons. The van der Waals surface area contributed by atoms with Gasteiger partial charge in [-0.3, -0.25) is 4.79 Å². The molecule has 0 saturated carbocycles. The van der Waals surface area contributed by atoms with E-state index in [9.17, 15) is 4.79 Å². The van der Waals surface area contributed by atoms with Gasteiger partial charge in [0.15, 0.2) is 11.5 Å². The van der Waals surface area contributed by atoms with Gasteiger partial charge >= 0.3 is 0 Å². The average Bonchev–Trinajstić information content (AvgIpc) is 3.20. The van der Waals surface area contributed by atoms with Crippen molar-refractivity contribution >= 4 is 34.1 Å². The Kier molecular flexibility index (Phi) is 7.08. The van der Waals surface area contributed by atoms with Crippen molar-refractivity contribution in [2.75, 3.05) is 19.5 Å². The fourth-order valence-corrected chi connectivity index (χ4v) is 5.76. The Morgan fingerprint density at radius 3 is 2.53 bits per heavy atom. The number of anilines is 1. The van der Waals surface area contributed by atoms with E-state index in [2.05, 4.69) is 26.1 Å². The lowest BCUT2D eigenvalue weighted by Crippen LogP contribution is -2.27. The number of hydrogen-bond donors (Lipinski definition) is 1. The number of hydrogen-bond acceptors (Lipinski definition) is 5. The van der Waals surface area contributed by atoms with Crippen LogP contribution in [0.5, 0.6) is 11.5 Å². The number of benzene rings is 2. The molecule has 0 aliphatic heterocycles. The first-order valence-electron chi connectivity index (χ1n) is 11.6. The van der Waals surface area contributed by atoms with Crippen molar-refractivity contribution in [3.05, 3.63) is 70.1 Å². The highest BCUT2D eigenvalue weighted by Gasteiger charge is 2.33. The summed E-state index contributed by atoms with van der Waals surface area (Å²) >= 11 is 1.63. The number of carbonyl (C=O) groups excluding carboxylic acids is 1. The number of amides is 1. The number of methoxy groups -OCH3 is 2. The molecule has 34 heavy (non-hydrogen) atoms. The van der Waals surface area contributed by atoms with Crippen molar-refractivity contribution in [3.63, 3.8) is 0 Å². The van der Waals surface area contributed by atoms with E-state index in [1.165, 1.54) is 4.88 Å². The van der Waals surface area contributed by atoms with E-state index in [1.54, 1.807) is 31.8 Å². The molecule has 1 aliphatic rings. The van der Waals surface area contributed by atoms with Gasteiger partial charge in [0, 0.05) is 22.3 Å². The van der Waals surface area contributed by atoms with Gasteiger partial charge in [0.25, 0.3) is 5.91 Å². The zero-order chi connectivity index (χ0) is 24.3. The molecular weight excluding hydrogens is 444 g/mol. The third-order valence-corrected chi connectivity index (χ3v) is 7.65. The van der Waals surface area contributed by atoms with Gasteiger partial charge in [0.05, 0.1) is 19.8 Å². The molecule has 1 amide bonds. The number of fused-ring (bicyclic) bond motifs is 1. The van der Waals surface area contributed by atoms with Crippen LogP contribution in [-0.4, -0.2) is 26.3 Å². The van der Waals surface area contributed by atoms with Crippen molar-refractivity contribution in [2.45, 2.75) is 40.0 Å². The molecule has 0 bridgehead atoms. The lowest BCUT2D eigenvalue weighted by atomic mass is 9.72. The normalized spacial score (nSPS) is 15.7. The Balaban J connectivity index is 1.74. The summed E-state index contributed by atoms with van der Waals surface area (Å²) in [6.45, 7) is 6.90. The van der Waals surface area contributed by atoms with Crippen LogP contribution in [0.25, 0.3) is 0 Å². The second-order valence-corrected chi connectivity index (χ2v) is 10.7. The fourth-order valence-electron chi connectivity index (χ4n) is 4.49. The van der Waals surface area contributed by atoms with Crippen LogP contribution in [-0.2, 0) is 12.8 Å². The van der Waals surface area contributed by atoms with Crippen LogP contribution in [0.4, 0.5) is 10.7 Å². The maximum Gasteiger partial charge on any atom is 0.259 e. The van der Waals surface area contributed by atoms with Crippen molar-refractivity contribution in [3.8, 4) is 11.5 Å². The summed E-state index contributed by atoms with van der Waals surface area (Å²) in [7, 11) is 3.23. The Morgan fingerprint density at radius 1 is 1.09 bits per heavy atom. The minimum Gasteiger partial charge on any atom is -0.493 e. The van der Waals surface area contributed by atoms with Crippen LogP contribution >= 0.6 is 11.3 Å². The second kappa shape index (κ2) is 10.0. The van der Waals surface area contributed by atoms with Crippen LogP contribution in [0.2, 0.25) is 0 Å². The van der Waals surface area contributed by atoms with E-state index in [0.29, 0.717) is 23.0 Å². The summed E-state index contributed by atoms with van der Waals surface area (Å²) in [6, 6.07) is 15.3. The largest absolute Gasteiger partial charge is 0.493 e. The van der Waals surface area contributed by atoms with Crippen LogP contribution in [0.3, 0.4) is 0 Å². The summed E-state index contributed by atoms with van der Waals surface area (Å²) in [5, 5.41) is 3.80. The molecule has 1 unspecified atom stereocenters. The van der Waals surface area contributed by atoms with Crippen LogP contribution < -0.4 is 14.8 Å². The lowest BCUT2D eigenvalue weighted by Gasteiger charge is -2.33. The maximum atomic E-state index is 13.5. The van der Waals surface area contributed by atoms with E-state index in [4.69, 9.17) is 14.5 Å². The van der Waals surface area contributed by atoms with Crippen molar-refractivity contribution in [1.29, 1.82) is 0 Å². The van der Waals surface area contributed by atoms with E-state index in [0.717, 1.165) is 41.1 Å².